The van der Waals surface area contributed by atoms with E-state index in [1.807, 2.05) is 18.2 Å². The summed E-state index contributed by atoms with van der Waals surface area (Å²) in [6, 6.07) is 7.58. The second-order valence-electron chi connectivity index (χ2n) is 8.01. The van der Waals surface area contributed by atoms with Crippen molar-refractivity contribution in [2.24, 2.45) is 0 Å². The Kier molecular flexibility index (Phi) is 6.17. The zero-order valence-corrected chi connectivity index (χ0v) is 16.8. The van der Waals surface area contributed by atoms with Crippen LogP contribution in [-0.2, 0) is 0 Å². The number of rotatable bonds is 6. The minimum atomic E-state index is -0.123. The fourth-order valence-corrected chi connectivity index (χ4v) is 4.28. The largest absolute Gasteiger partial charge is 0.497 e. The molecule has 4 rings (SSSR count). The van der Waals surface area contributed by atoms with Crippen LogP contribution in [0.3, 0.4) is 0 Å². The maximum atomic E-state index is 12.6. The normalized spacial score (nSPS) is 19.8. The van der Waals surface area contributed by atoms with Gasteiger partial charge in [0.15, 0.2) is 5.76 Å². The lowest BCUT2D eigenvalue weighted by atomic mass is 10.0. The number of amides is 1. The fraction of sp³-hybridized carbons (Fsp3) is 0.591. The highest BCUT2D eigenvalue weighted by atomic mass is 16.5. The van der Waals surface area contributed by atoms with Gasteiger partial charge in [-0.2, -0.15) is 0 Å². The Hall–Kier alpha value is -2.05. The van der Waals surface area contributed by atoms with Crippen LogP contribution in [-0.4, -0.2) is 68.1 Å². The predicted molar refractivity (Wildman–Crippen MR) is 110 cm³/mol. The molecule has 2 saturated heterocycles. The lowest BCUT2D eigenvalue weighted by Gasteiger charge is -2.34. The van der Waals surface area contributed by atoms with Gasteiger partial charge in [0, 0.05) is 37.6 Å². The van der Waals surface area contributed by atoms with Gasteiger partial charge in [-0.3, -0.25) is 4.79 Å². The molecular formula is C22H31N3O3. The van der Waals surface area contributed by atoms with Crippen LogP contribution < -0.4 is 10.1 Å². The quantitative estimate of drug-likeness (QED) is 0.828. The second-order valence-corrected chi connectivity index (χ2v) is 8.01. The van der Waals surface area contributed by atoms with E-state index in [-0.39, 0.29) is 11.9 Å². The summed E-state index contributed by atoms with van der Waals surface area (Å²) in [5, 5.41) is 4.04. The molecular weight excluding hydrogens is 354 g/mol. The van der Waals surface area contributed by atoms with Gasteiger partial charge in [-0.25, -0.2) is 0 Å². The Morgan fingerprint density at radius 1 is 1.07 bits per heavy atom. The molecule has 6 nitrogen and oxygen atoms in total. The molecule has 28 heavy (non-hydrogen) atoms. The first-order valence-corrected chi connectivity index (χ1v) is 10.5. The monoisotopic (exact) mass is 385 g/mol. The van der Waals surface area contributed by atoms with E-state index in [1.165, 1.54) is 38.9 Å². The molecule has 0 atom stereocenters. The molecule has 0 saturated carbocycles. The Morgan fingerprint density at radius 3 is 2.50 bits per heavy atom. The average Bonchev–Trinajstić information content (AvgIpc) is 3.17. The summed E-state index contributed by atoms with van der Waals surface area (Å²) in [6.45, 7) is 6.95. The molecule has 1 aromatic carbocycles. The van der Waals surface area contributed by atoms with E-state index in [1.54, 1.807) is 13.2 Å². The van der Waals surface area contributed by atoms with Crippen LogP contribution in [0.15, 0.2) is 28.7 Å². The van der Waals surface area contributed by atoms with Crippen molar-refractivity contribution in [3.8, 4) is 5.75 Å². The van der Waals surface area contributed by atoms with Gasteiger partial charge in [-0.1, -0.05) is 6.42 Å². The van der Waals surface area contributed by atoms with Gasteiger partial charge in [-0.05, 0) is 63.0 Å². The Balaban J connectivity index is 1.24. The summed E-state index contributed by atoms with van der Waals surface area (Å²) in [7, 11) is 1.63. The van der Waals surface area contributed by atoms with E-state index in [9.17, 15) is 4.79 Å². The highest BCUT2D eigenvalue weighted by molar-refractivity contribution is 5.96. The number of benzene rings is 1. The number of nitrogens with one attached hydrogen (secondary N) is 1. The summed E-state index contributed by atoms with van der Waals surface area (Å²) < 4.78 is 10.9. The van der Waals surface area contributed by atoms with E-state index < -0.39 is 0 Å². The first kappa shape index (κ1) is 19.3. The van der Waals surface area contributed by atoms with Gasteiger partial charge in [0.2, 0.25) is 0 Å². The van der Waals surface area contributed by atoms with Crippen molar-refractivity contribution in [2.45, 2.75) is 38.1 Å². The van der Waals surface area contributed by atoms with Crippen molar-refractivity contribution >= 4 is 16.9 Å². The summed E-state index contributed by atoms with van der Waals surface area (Å²) in [5.41, 5.74) is 0.707. The van der Waals surface area contributed by atoms with Crippen LogP contribution in [0.1, 0.15) is 42.7 Å². The third-order valence-corrected chi connectivity index (χ3v) is 6.05. The number of hydrogen-bond donors (Lipinski definition) is 1. The van der Waals surface area contributed by atoms with Gasteiger partial charge < -0.3 is 24.3 Å². The van der Waals surface area contributed by atoms with Crippen molar-refractivity contribution in [2.75, 3.05) is 46.4 Å². The summed E-state index contributed by atoms with van der Waals surface area (Å²) in [6.07, 6.45) is 6.09. The zero-order chi connectivity index (χ0) is 19.3. The second kappa shape index (κ2) is 8.97. The molecule has 0 bridgehead atoms. The molecule has 6 heteroatoms. The number of nitrogens with zero attached hydrogens (tertiary/aromatic N) is 2. The van der Waals surface area contributed by atoms with Crippen LogP contribution in [0.4, 0.5) is 0 Å². The van der Waals surface area contributed by atoms with Crippen molar-refractivity contribution in [3.05, 3.63) is 30.0 Å². The number of piperidine rings is 2. The maximum absolute atomic E-state index is 12.6. The number of fused-ring (bicyclic) bond motifs is 1. The Morgan fingerprint density at radius 2 is 1.79 bits per heavy atom. The van der Waals surface area contributed by atoms with E-state index in [0.29, 0.717) is 11.3 Å². The van der Waals surface area contributed by atoms with Gasteiger partial charge in [0.25, 0.3) is 5.91 Å². The standard InChI is InChI=1S/C22H31N3O3/c1-27-19-5-6-20-17(15-19)16-21(28-20)22(26)23-18-7-11-25(12-8-18)14-13-24-9-3-2-4-10-24/h5-6,15-16,18H,2-4,7-14H2,1H3,(H,23,26). The molecule has 0 radical (unpaired) electrons. The number of ether oxygens (including phenoxy) is 1. The molecule has 2 fully saturated rings. The number of hydrogen-bond acceptors (Lipinski definition) is 5. The highest BCUT2D eigenvalue weighted by Crippen LogP contribution is 2.24. The molecule has 1 amide bonds. The minimum Gasteiger partial charge on any atom is -0.497 e. The first-order valence-electron chi connectivity index (χ1n) is 10.5. The molecule has 2 aliphatic heterocycles. The highest BCUT2D eigenvalue weighted by Gasteiger charge is 2.23. The third kappa shape index (κ3) is 4.67. The summed E-state index contributed by atoms with van der Waals surface area (Å²) >= 11 is 0. The smallest absolute Gasteiger partial charge is 0.287 e. The Bertz CT molecular complexity index is 789. The van der Waals surface area contributed by atoms with E-state index in [4.69, 9.17) is 9.15 Å². The minimum absolute atomic E-state index is 0.123. The summed E-state index contributed by atoms with van der Waals surface area (Å²) in [4.78, 5) is 17.7. The van der Waals surface area contributed by atoms with E-state index >= 15 is 0 Å². The van der Waals surface area contributed by atoms with Crippen molar-refractivity contribution in [1.29, 1.82) is 0 Å². The lowest BCUT2D eigenvalue weighted by molar-refractivity contribution is 0.0879. The van der Waals surface area contributed by atoms with Crippen LogP contribution in [0.2, 0.25) is 0 Å². The number of furan rings is 1. The van der Waals surface area contributed by atoms with Gasteiger partial charge in [0.1, 0.15) is 11.3 Å². The van der Waals surface area contributed by atoms with Gasteiger partial charge >= 0.3 is 0 Å². The fourth-order valence-electron chi connectivity index (χ4n) is 4.28. The molecule has 0 aliphatic carbocycles. The predicted octanol–water partition coefficient (Wildman–Crippen LogP) is 3.12. The number of carbonyl (C=O) groups is 1. The van der Waals surface area contributed by atoms with Crippen LogP contribution >= 0.6 is 0 Å². The topological polar surface area (TPSA) is 58.0 Å². The van der Waals surface area contributed by atoms with E-state index in [2.05, 4.69) is 15.1 Å². The molecule has 1 aromatic heterocycles. The van der Waals surface area contributed by atoms with Crippen LogP contribution in [0, 0.1) is 0 Å². The number of methoxy groups -OCH3 is 1. The van der Waals surface area contributed by atoms with Crippen molar-refractivity contribution in [1.82, 2.24) is 15.1 Å². The van der Waals surface area contributed by atoms with Crippen LogP contribution in [0.25, 0.3) is 11.0 Å². The van der Waals surface area contributed by atoms with Gasteiger partial charge in [-0.15, -0.1) is 0 Å². The SMILES string of the molecule is COc1ccc2oc(C(=O)NC3CCN(CCN4CCCCC4)CC3)cc2c1. The molecule has 3 heterocycles. The molecule has 2 aromatic rings. The maximum Gasteiger partial charge on any atom is 0.287 e. The average molecular weight is 386 g/mol. The zero-order valence-electron chi connectivity index (χ0n) is 16.8. The molecule has 0 unspecified atom stereocenters. The lowest BCUT2D eigenvalue weighted by Crippen LogP contribution is -2.46. The van der Waals surface area contributed by atoms with Crippen molar-refractivity contribution in [3.63, 3.8) is 0 Å². The van der Waals surface area contributed by atoms with E-state index in [0.717, 1.165) is 43.6 Å². The first-order chi connectivity index (χ1) is 13.7. The molecule has 0 spiro atoms. The number of likely N-dealkylation sites (tertiary alicyclic amines) is 2. The van der Waals surface area contributed by atoms with Crippen molar-refractivity contribution < 1.29 is 13.9 Å². The molecule has 152 valence electrons. The summed E-state index contributed by atoms with van der Waals surface area (Å²) in [5.74, 6) is 1.01. The Labute approximate surface area is 166 Å². The third-order valence-electron chi connectivity index (χ3n) is 6.05. The number of carbonyl (C=O) groups excluding carboxylic acids is 1. The van der Waals surface area contributed by atoms with Crippen LogP contribution in [0.5, 0.6) is 5.75 Å². The molecule has 2 aliphatic rings. The van der Waals surface area contributed by atoms with Gasteiger partial charge in [0.05, 0.1) is 7.11 Å². The molecule has 1 N–H and O–H groups in total.